The number of carbonyl (C=O) groups is 1. The summed E-state index contributed by atoms with van der Waals surface area (Å²) in [5.74, 6) is 0.386. The van der Waals surface area contributed by atoms with E-state index in [9.17, 15) is 14.4 Å². The van der Waals surface area contributed by atoms with Gasteiger partial charge in [-0.3, -0.25) is 0 Å². The molecule has 42 heavy (non-hydrogen) atoms. The fourth-order valence-electron chi connectivity index (χ4n) is 4.88. The zero-order valence-electron chi connectivity index (χ0n) is 23.8. The van der Waals surface area contributed by atoms with E-state index >= 15 is 0 Å². The zero-order chi connectivity index (χ0) is 30.0. The number of esters is 1. The lowest BCUT2D eigenvalue weighted by Gasteiger charge is -2.27. The molecule has 216 valence electrons. The summed E-state index contributed by atoms with van der Waals surface area (Å²) < 4.78 is 42.6. The van der Waals surface area contributed by atoms with E-state index in [1.54, 1.807) is 19.1 Å². The summed E-state index contributed by atoms with van der Waals surface area (Å²) in [6, 6.07) is 16.6. The van der Waals surface area contributed by atoms with Gasteiger partial charge in [-0.15, -0.1) is 0 Å². The summed E-state index contributed by atoms with van der Waals surface area (Å²) in [5.41, 5.74) is 8.70. The van der Waals surface area contributed by atoms with E-state index in [-0.39, 0.29) is 23.0 Å². The average molecular weight is 571 g/mol. The van der Waals surface area contributed by atoms with Gasteiger partial charge in [0.25, 0.3) is 0 Å². The van der Waals surface area contributed by atoms with Crippen LogP contribution >= 0.6 is 0 Å². The van der Waals surface area contributed by atoms with Crippen molar-refractivity contribution in [3.05, 3.63) is 94.3 Å². The van der Waals surface area contributed by atoms with E-state index in [0.29, 0.717) is 58.5 Å². The van der Waals surface area contributed by atoms with E-state index in [0.717, 1.165) is 12.0 Å². The molecule has 2 heterocycles. The van der Waals surface area contributed by atoms with Crippen LogP contribution in [0.2, 0.25) is 0 Å². The topological polar surface area (TPSA) is 117 Å². The van der Waals surface area contributed by atoms with E-state index in [1.807, 2.05) is 25.1 Å². The molecular weight excluding hydrogens is 539 g/mol. The van der Waals surface area contributed by atoms with Crippen LogP contribution in [-0.4, -0.2) is 19.2 Å². The van der Waals surface area contributed by atoms with Crippen LogP contribution in [0.5, 0.6) is 23.0 Å². The lowest BCUT2D eigenvalue weighted by atomic mass is 9.83. The third-order valence-corrected chi connectivity index (χ3v) is 7.04. The first-order valence-corrected chi connectivity index (χ1v) is 13.7. The van der Waals surface area contributed by atoms with Gasteiger partial charge in [-0.25, -0.2) is 9.18 Å². The molecule has 0 saturated carbocycles. The number of fused-ring (bicyclic) bond motifs is 2. The molecule has 9 heteroatoms. The second-order valence-electron chi connectivity index (χ2n) is 10.4. The van der Waals surface area contributed by atoms with Crippen LogP contribution in [0.15, 0.2) is 70.5 Å². The van der Waals surface area contributed by atoms with Gasteiger partial charge in [-0.1, -0.05) is 26.0 Å². The molecule has 3 aromatic carbocycles. The molecule has 8 nitrogen and oxygen atoms in total. The molecule has 0 saturated heterocycles. The number of ether oxygens (including phenoxy) is 4. The molecule has 0 radical (unpaired) electrons. The first kappa shape index (κ1) is 28.6. The molecule has 0 bridgehead atoms. The van der Waals surface area contributed by atoms with E-state index < -0.39 is 17.7 Å². The molecule has 4 aromatic rings. The SMILES string of the molecule is CCOc1cc(C2C(C#N)=C(N)Oc3cc(OC(=O)c4oc5ccc(F)cc5c4C)ccc32)ccc1OCCC(C)C. The molecule has 1 aromatic heterocycles. The summed E-state index contributed by atoms with van der Waals surface area (Å²) in [6.07, 6.45) is 0.903. The number of hydrogen-bond acceptors (Lipinski definition) is 8. The average Bonchev–Trinajstić information content (AvgIpc) is 3.28. The second kappa shape index (κ2) is 11.9. The first-order valence-electron chi connectivity index (χ1n) is 13.7. The maximum absolute atomic E-state index is 13.7. The van der Waals surface area contributed by atoms with Gasteiger partial charge in [0, 0.05) is 22.6 Å². The summed E-state index contributed by atoms with van der Waals surface area (Å²) in [4.78, 5) is 13.0. The normalized spacial score (nSPS) is 14.4. The van der Waals surface area contributed by atoms with Crippen molar-refractivity contribution in [2.75, 3.05) is 13.2 Å². The summed E-state index contributed by atoms with van der Waals surface area (Å²) in [7, 11) is 0. The Morgan fingerprint density at radius 1 is 1.10 bits per heavy atom. The minimum absolute atomic E-state index is 0.0301. The van der Waals surface area contributed by atoms with Crippen LogP contribution in [0.4, 0.5) is 4.39 Å². The largest absolute Gasteiger partial charge is 0.490 e. The molecule has 0 aliphatic carbocycles. The Hall–Kier alpha value is -4.97. The third-order valence-electron chi connectivity index (χ3n) is 7.04. The number of carbonyl (C=O) groups excluding carboxylic acids is 1. The van der Waals surface area contributed by atoms with Crippen molar-refractivity contribution in [2.24, 2.45) is 11.7 Å². The molecule has 1 aliphatic heterocycles. The lowest BCUT2D eigenvalue weighted by molar-refractivity contribution is 0.0702. The van der Waals surface area contributed by atoms with Crippen molar-refractivity contribution in [1.82, 2.24) is 0 Å². The van der Waals surface area contributed by atoms with Crippen LogP contribution in [0.3, 0.4) is 0 Å². The Labute approximate surface area is 243 Å². The lowest BCUT2D eigenvalue weighted by Crippen LogP contribution is -2.21. The van der Waals surface area contributed by atoms with Crippen LogP contribution in [-0.2, 0) is 0 Å². The molecule has 0 fully saturated rings. The molecule has 1 unspecified atom stereocenters. The van der Waals surface area contributed by atoms with Crippen molar-refractivity contribution >= 4 is 16.9 Å². The highest BCUT2D eigenvalue weighted by molar-refractivity contribution is 5.96. The molecule has 1 aliphatic rings. The Morgan fingerprint density at radius 3 is 2.64 bits per heavy atom. The summed E-state index contributed by atoms with van der Waals surface area (Å²) >= 11 is 0. The number of allylic oxidation sites excluding steroid dienone is 1. The van der Waals surface area contributed by atoms with Crippen LogP contribution in [0.1, 0.15) is 60.4 Å². The first-order chi connectivity index (χ1) is 20.2. The van der Waals surface area contributed by atoms with Crippen molar-refractivity contribution in [1.29, 1.82) is 5.26 Å². The Morgan fingerprint density at radius 2 is 1.90 bits per heavy atom. The van der Waals surface area contributed by atoms with E-state index in [4.69, 9.17) is 29.1 Å². The summed E-state index contributed by atoms with van der Waals surface area (Å²) in [6.45, 7) is 8.81. The Kier molecular flexibility index (Phi) is 8.07. The van der Waals surface area contributed by atoms with Crippen molar-refractivity contribution < 1.29 is 32.5 Å². The summed E-state index contributed by atoms with van der Waals surface area (Å²) in [5, 5.41) is 10.5. The van der Waals surface area contributed by atoms with Gasteiger partial charge in [0.05, 0.1) is 19.1 Å². The van der Waals surface area contributed by atoms with E-state index in [2.05, 4.69) is 19.9 Å². The zero-order valence-corrected chi connectivity index (χ0v) is 23.8. The quantitative estimate of drug-likeness (QED) is 0.167. The third kappa shape index (κ3) is 5.61. The fourth-order valence-corrected chi connectivity index (χ4v) is 4.88. The minimum Gasteiger partial charge on any atom is -0.490 e. The van der Waals surface area contributed by atoms with Crippen molar-refractivity contribution in [2.45, 2.75) is 40.0 Å². The predicted molar refractivity (Wildman–Crippen MR) is 154 cm³/mol. The number of aryl methyl sites for hydroxylation is 1. The monoisotopic (exact) mass is 570 g/mol. The number of benzene rings is 3. The van der Waals surface area contributed by atoms with Gasteiger partial charge in [0.1, 0.15) is 34.5 Å². The van der Waals surface area contributed by atoms with Crippen LogP contribution in [0, 0.1) is 30.0 Å². The molecule has 5 rings (SSSR count). The van der Waals surface area contributed by atoms with Gasteiger partial charge in [0.2, 0.25) is 11.6 Å². The molecule has 0 amide bonds. The number of furan rings is 1. The van der Waals surface area contributed by atoms with Crippen LogP contribution in [0.25, 0.3) is 11.0 Å². The number of halogens is 1. The van der Waals surface area contributed by atoms with Gasteiger partial charge in [0.15, 0.2) is 11.5 Å². The van der Waals surface area contributed by atoms with E-state index in [1.165, 1.54) is 24.3 Å². The maximum Gasteiger partial charge on any atom is 0.379 e. The predicted octanol–water partition coefficient (Wildman–Crippen LogP) is 7.14. The Bertz CT molecular complexity index is 1730. The maximum atomic E-state index is 13.7. The van der Waals surface area contributed by atoms with Crippen molar-refractivity contribution in [3.8, 4) is 29.1 Å². The number of nitrogens with zero attached hydrogens (tertiary/aromatic N) is 1. The van der Waals surface area contributed by atoms with Gasteiger partial charge >= 0.3 is 5.97 Å². The van der Waals surface area contributed by atoms with Gasteiger partial charge < -0.3 is 29.1 Å². The second-order valence-corrected chi connectivity index (χ2v) is 10.4. The number of hydrogen-bond donors (Lipinski definition) is 1. The van der Waals surface area contributed by atoms with Crippen LogP contribution < -0.4 is 24.7 Å². The smallest absolute Gasteiger partial charge is 0.379 e. The molecule has 0 spiro atoms. The number of rotatable bonds is 9. The fraction of sp³-hybridized carbons (Fsp3) is 0.273. The van der Waals surface area contributed by atoms with Gasteiger partial charge in [-0.2, -0.15) is 5.26 Å². The van der Waals surface area contributed by atoms with Crippen molar-refractivity contribution in [3.63, 3.8) is 0 Å². The highest BCUT2D eigenvalue weighted by Crippen LogP contribution is 2.45. The number of nitrogens with two attached hydrogens (primary N) is 1. The minimum atomic E-state index is -0.743. The van der Waals surface area contributed by atoms with Gasteiger partial charge in [-0.05, 0) is 68.1 Å². The standard InChI is InChI=1S/C33H31FN2O6/c1-5-38-29-14-20(6-10-27(29)39-13-12-18(2)3)30-23-9-8-22(16-28(23)42-32(36)25(30)17-35)40-33(37)31-19(4)24-15-21(34)7-11-26(24)41-31/h6-11,14-16,18,30H,5,12-13,36H2,1-4H3. The molecular formula is C33H31FN2O6. The Balaban J connectivity index is 1.45. The molecule has 1 atom stereocenters. The number of nitriles is 1. The molecule has 2 N–H and O–H groups in total. The highest BCUT2D eigenvalue weighted by Gasteiger charge is 2.32. The highest BCUT2D eigenvalue weighted by atomic mass is 19.1.